The highest BCUT2D eigenvalue weighted by atomic mass is 35.5. The van der Waals surface area contributed by atoms with Crippen molar-refractivity contribution in [3.05, 3.63) is 29.0 Å². The highest BCUT2D eigenvalue weighted by Gasteiger charge is 2.04. The van der Waals surface area contributed by atoms with E-state index in [0.29, 0.717) is 10.8 Å². The predicted octanol–water partition coefficient (Wildman–Crippen LogP) is 2.13. The van der Waals surface area contributed by atoms with E-state index in [4.69, 9.17) is 17.3 Å². The monoisotopic (exact) mass is 195 g/mol. The van der Waals surface area contributed by atoms with E-state index in [9.17, 15) is 0 Å². The second-order valence-electron chi connectivity index (χ2n) is 2.90. The molecule has 2 aromatic rings. The van der Waals surface area contributed by atoms with Crippen molar-refractivity contribution >= 4 is 23.1 Å². The van der Waals surface area contributed by atoms with Gasteiger partial charge in [-0.25, -0.2) is 4.98 Å². The topological polar surface area (TPSA) is 43.3 Å². The number of anilines is 1. The van der Waals surface area contributed by atoms with Gasteiger partial charge in [0.25, 0.3) is 0 Å². The van der Waals surface area contributed by atoms with Crippen LogP contribution in [0.5, 0.6) is 0 Å². The summed E-state index contributed by atoms with van der Waals surface area (Å²) in [5.41, 5.74) is 7.65. The molecule has 2 N–H and O–H groups in total. The quantitative estimate of drug-likeness (QED) is 0.758. The molecular formula is C9H10ClN3. The van der Waals surface area contributed by atoms with Crippen LogP contribution in [0.2, 0.25) is 5.02 Å². The Morgan fingerprint density at radius 2 is 2.31 bits per heavy atom. The second-order valence-corrected chi connectivity index (χ2v) is 3.33. The molecule has 0 spiro atoms. The van der Waals surface area contributed by atoms with Gasteiger partial charge in [0.1, 0.15) is 11.5 Å². The molecule has 0 radical (unpaired) electrons. The Kier molecular flexibility index (Phi) is 1.88. The van der Waals surface area contributed by atoms with Gasteiger partial charge in [-0.3, -0.25) is 4.40 Å². The molecule has 0 aliphatic rings. The van der Waals surface area contributed by atoms with Crippen molar-refractivity contribution in [2.45, 2.75) is 13.3 Å². The molecule has 2 heterocycles. The molecule has 2 rings (SSSR count). The molecule has 0 fully saturated rings. The lowest BCUT2D eigenvalue weighted by atomic mass is 10.3. The number of fused-ring (bicyclic) bond motifs is 1. The third kappa shape index (κ3) is 1.25. The second kappa shape index (κ2) is 2.92. The number of aromatic nitrogens is 2. The molecule has 0 saturated carbocycles. The zero-order valence-corrected chi connectivity index (χ0v) is 8.04. The zero-order valence-electron chi connectivity index (χ0n) is 7.29. The highest BCUT2D eigenvalue weighted by Crippen LogP contribution is 2.18. The lowest BCUT2D eigenvalue weighted by Crippen LogP contribution is -1.99. The molecule has 2 aromatic heterocycles. The van der Waals surface area contributed by atoms with Crippen LogP contribution in [0, 0.1) is 0 Å². The predicted molar refractivity (Wildman–Crippen MR) is 54.0 cm³/mol. The Labute approximate surface area is 81.1 Å². The summed E-state index contributed by atoms with van der Waals surface area (Å²) in [5.74, 6) is 0.656. The number of rotatable bonds is 1. The third-order valence-corrected chi connectivity index (χ3v) is 2.26. The number of halogens is 1. The number of hydrogen-bond donors (Lipinski definition) is 1. The van der Waals surface area contributed by atoms with Gasteiger partial charge < -0.3 is 5.73 Å². The van der Waals surface area contributed by atoms with Gasteiger partial charge in [0.2, 0.25) is 0 Å². The smallest absolute Gasteiger partial charge is 0.140 e. The molecule has 0 aliphatic carbocycles. The van der Waals surface area contributed by atoms with Crippen molar-refractivity contribution in [3.8, 4) is 0 Å². The summed E-state index contributed by atoms with van der Waals surface area (Å²) in [7, 11) is 0. The van der Waals surface area contributed by atoms with E-state index >= 15 is 0 Å². The molecule has 68 valence electrons. The molecule has 0 aliphatic heterocycles. The molecule has 4 heteroatoms. The average Bonchev–Trinajstić information content (AvgIpc) is 2.46. The SMILES string of the molecule is CCc1cc(Cl)cc2ncc(N)n12. The summed E-state index contributed by atoms with van der Waals surface area (Å²) in [6.07, 6.45) is 2.53. The highest BCUT2D eigenvalue weighted by molar-refractivity contribution is 6.30. The first kappa shape index (κ1) is 8.38. The summed E-state index contributed by atoms with van der Waals surface area (Å²) in [6.45, 7) is 2.06. The first-order valence-corrected chi connectivity index (χ1v) is 4.51. The normalized spacial score (nSPS) is 10.9. The van der Waals surface area contributed by atoms with Gasteiger partial charge in [0, 0.05) is 16.8 Å². The first-order chi connectivity index (χ1) is 6.22. The van der Waals surface area contributed by atoms with E-state index in [0.717, 1.165) is 17.8 Å². The van der Waals surface area contributed by atoms with E-state index in [1.165, 1.54) is 0 Å². The average molecular weight is 196 g/mol. The van der Waals surface area contributed by atoms with Crippen molar-refractivity contribution in [2.24, 2.45) is 0 Å². The van der Waals surface area contributed by atoms with E-state index in [1.807, 2.05) is 10.5 Å². The number of nitrogen functional groups attached to an aromatic ring is 1. The summed E-state index contributed by atoms with van der Waals surface area (Å²) < 4.78 is 1.91. The third-order valence-electron chi connectivity index (χ3n) is 2.04. The van der Waals surface area contributed by atoms with Gasteiger partial charge in [0.15, 0.2) is 0 Å². The minimum Gasteiger partial charge on any atom is -0.383 e. The Hall–Kier alpha value is -1.22. The molecule has 0 atom stereocenters. The summed E-state index contributed by atoms with van der Waals surface area (Å²) >= 11 is 5.92. The van der Waals surface area contributed by atoms with Gasteiger partial charge in [-0.2, -0.15) is 0 Å². The van der Waals surface area contributed by atoms with Crippen LogP contribution in [0.15, 0.2) is 18.3 Å². The van der Waals surface area contributed by atoms with Crippen LogP contribution in [-0.4, -0.2) is 9.38 Å². The summed E-state index contributed by atoms with van der Waals surface area (Å²) in [6, 6.07) is 3.71. The number of aryl methyl sites for hydroxylation is 1. The van der Waals surface area contributed by atoms with Crippen molar-refractivity contribution < 1.29 is 0 Å². The molecule has 0 amide bonds. The van der Waals surface area contributed by atoms with Crippen LogP contribution >= 0.6 is 11.6 Å². The maximum absolute atomic E-state index is 5.92. The molecule has 0 bridgehead atoms. The van der Waals surface area contributed by atoms with Crippen LogP contribution < -0.4 is 5.73 Å². The van der Waals surface area contributed by atoms with Crippen molar-refractivity contribution in [1.82, 2.24) is 9.38 Å². The minimum atomic E-state index is 0.656. The van der Waals surface area contributed by atoms with Gasteiger partial charge in [-0.1, -0.05) is 18.5 Å². The molecular weight excluding hydrogens is 186 g/mol. The van der Waals surface area contributed by atoms with Crippen LogP contribution in [0.3, 0.4) is 0 Å². The lowest BCUT2D eigenvalue weighted by molar-refractivity contribution is 0.986. The van der Waals surface area contributed by atoms with Crippen LogP contribution in [0.4, 0.5) is 5.82 Å². The fourth-order valence-corrected chi connectivity index (χ4v) is 1.67. The largest absolute Gasteiger partial charge is 0.383 e. The van der Waals surface area contributed by atoms with Gasteiger partial charge in [-0.05, 0) is 12.5 Å². The number of pyridine rings is 1. The molecule has 0 aromatic carbocycles. The summed E-state index contributed by atoms with van der Waals surface area (Å²) in [4.78, 5) is 4.14. The van der Waals surface area contributed by atoms with Gasteiger partial charge in [-0.15, -0.1) is 0 Å². The van der Waals surface area contributed by atoms with E-state index in [2.05, 4.69) is 11.9 Å². The number of imidazole rings is 1. The summed E-state index contributed by atoms with van der Waals surface area (Å²) in [5, 5.41) is 0.704. The van der Waals surface area contributed by atoms with Crippen molar-refractivity contribution in [1.29, 1.82) is 0 Å². The Bertz CT molecular complexity index is 447. The molecule has 0 saturated heterocycles. The Morgan fingerprint density at radius 1 is 1.54 bits per heavy atom. The van der Waals surface area contributed by atoms with Gasteiger partial charge >= 0.3 is 0 Å². The Balaban J connectivity index is 2.85. The fraction of sp³-hybridized carbons (Fsp3) is 0.222. The number of hydrogen-bond acceptors (Lipinski definition) is 2. The zero-order chi connectivity index (χ0) is 9.42. The molecule has 0 unspecified atom stereocenters. The van der Waals surface area contributed by atoms with Crippen molar-refractivity contribution in [3.63, 3.8) is 0 Å². The van der Waals surface area contributed by atoms with Crippen molar-refractivity contribution in [2.75, 3.05) is 5.73 Å². The Morgan fingerprint density at radius 3 is 3.00 bits per heavy atom. The van der Waals surface area contributed by atoms with E-state index in [1.54, 1.807) is 12.3 Å². The maximum atomic E-state index is 5.92. The fourth-order valence-electron chi connectivity index (χ4n) is 1.44. The van der Waals surface area contributed by atoms with Crippen LogP contribution in [0.1, 0.15) is 12.6 Å². The van der Waals surface area contributed by atoms with Crippen LogP contribution in [0.25, 0.3) is 5.65 Å². The van der Waals surface area contributed by atoms with E-state index < -0.39 is 0 Å². The maximum Gasteiger partial charge on any atom is 0.140 e. The molecule has 13 heavy (non-hydrogen) atoms. The number of nitrogens with zero attached hydrogens (tertiary/aromatic N) is 2. The van der Waals surface area contributed by atoms with E-state index in [-0.39, 0.29) is 0 Å². The van der Waals surface area contributed by atoms with Gasteiger partial charge in [0.05, 0.1) is 6.20 Å². The molecule has 3 nitrogen and oxygen atoms in total. The minimum absolute atomic E-state index is 0.656. The van der Waals surface area contributed by atoms with Crippen LogP contribution in [-0.2, 0) is 6.42 Å². The lowest BCUT2D eigenvalue weighted by Gasteiger charge is -2.04. The number of nitrogens with two attached hydrogens (primary N) is 1. The first-order valence-electron chi connectivity index (χ1n) is 4.13. The standard InChI is InChI=1S/C9H10ClN3/c1-2-7-3-6(10)4-9-12-5-8(11)13(7)9/h3-5H,2,11H2,1H3.